The van der Waals surface area contributed by atoms with Crippen molar-refractivity contribution in [3.05, 3.63) is 28.3 Å². The summed E-state index contributed by atoms with van der Waals surface area (Å²) in [5, 5.41) is -1.13. The van der Waals surface area contributed by atoms with Crippen molar-refractivity contribution in [3.8, 4) is 0 Å². The summed E-state index contributed by atoms with van der Waals surface area (Å²) < 4.78 is 51.6. The topological polar surface area (TPSA) is 0 Å². The van der Waals surface area contributed by atoms with Gasteiger partial charge in [-0.15, -0.1) is 0 Å². The Labute approximate surface area is 88.1 Å². The third kappa shape index (κ3) is 1.78. The van der Waals surface area contributed by atoms with Gasteiger partial charge in [0.1, 0.15) is 0 Å². The van der Waals surface area contributed by atoms with E-state index in [2.05, 4.69) is 0 Å². The zero-order chi connectivity index (χ0) is 11.0. The van der Waals surface area contributed by atoms with Crippen molar-refractivity contribution in [1.29, 1.82) is 0 Å². The third-order valence-electron chi connectivity index (χ3n) is 1.63. The molecule has 1 aromatic rings. The van der Waals surface area contributed by atoms with Crippen molar-refractivity contribution < 1.29 is 17.6 Å². The van der Waals surface area contributed by atoms with Crippen LogP contribution in [0.25, 0.3) is 0 Å². The Balaban J connectivity index is 3.60. The molecule has 0 N–H and O–H groups in total. The number of hydrogen-bond donors (Lipinski definition) is 0. The molecule has 0 bridgehead atoms. The molecule has 0 nitrogen and oxygen atoms in total. The fourth-order valence-corrected chi connectivity index (χ4v) is 3.21. The van der Waals surface area contributed by atoms with Gasteiger partial charge in [-0.2, -0.15) is 0 Å². The van der Waals surface area contributed by atoms with E-state index in [0.717, 1.165) is 0 Å². The molecular weight excluding hydrogens is 282 g/mol. The van der Waals surface area contributed by atoms with E-state index in [-0.39, 0.29) is 0 Å². The zero-order valence-corrected chi connectivity index (χ0v) is 9.97. The van der Waals surface area contributed by atoms with Crippen LogP contribution in [0.15, 0.2) is 0 Å². The molecule has 0 spiro atoms. The number of benzene rings is 1. The fourth-order valence-electron chi connectivity index (χ4n) is 0.986. The maximum atomic E-state index is 13.1. The van der Waals surface area contributed by atoms with Gasteiger partial charge in [0, 0.05) is 0 Å². The van der Waals surface area contributed by atoms with E-state index in [1.165, 1.54) is 0 Å². The van der Waals surface area contributed by atoms with Crippen LogP contribution in [0.2, 0.25) is 16.4 Å². The second kappa shape index (κ2) is 4.11. The molecule has 78 valence electrons. The van der Waals surface area contributed by atoms with Crippen molar-refractivity contribution in [3.63, 3.8) is 0 Å². The summed E-state index contributed by atoms with van der Waals surface area (Å²) in [6, 6.07) is 0. The average Bonchev–Trinajstić information content (AvgIpc) is 2.11. The van der Waals surface area contributed by atoms with Crippen molar-refractivity contribution in [2.24, 2.45) is 0 Å². The standard InChI is InChI=1S/C8H6AsClF4/c1-9(2)3-5(11)7(13)4(10)8(14)6(3)12/h1-2H3. The van der Waals surface area contributed by atoms with Gasteiger partial charge in [-0.25, -0.2) is 0 Å². The Morgan fingerprint density at radius 2 is 1.21 bits per heavy atom. The van der Waals surface area contributed by atoms with Crippen LogP contribution in [0.5, 0.6) is 0 Å². The monoisotopic (exact) mass is 288 g/mol. The Morgan fingerprint density at radius 3 is 1.50 bits per heavy atom. The van der Waals surface area contributed by atoms with Gasteiger partial charge in [0.25, 0.3) is 0 Å². The second-order valence-electron chi connectivity index (χ2n) is 2.81. The molecule has 0 fully saturated rings. The molecule has 0 unspecified atom stereocenters. The molecule has 0 aliphatic carbocycles. The van der Waals surface area contributed by atoms with Crippen LogP contribution in [0.4, 0.5) is 17.6 Å². The zero-order valence-electron chi connectivity index (χ0n) is 7.34. The van der Waals surface area contributed by atoms with Gasteiger partial charge in [0.15, 0.2) is 0 Å². The van der Waals surface area contributed by atoms with Crippen LogP contribution in [-0.4, -0.2) is 14.7 Å². The second-order valence-corrected chi connectivity index (χ2v) is 7.88. The molecule has 0 heterocycles. The van der Waals surface area contributed by atoms with Gasteiger partial charge in [0.2, 0.25) is 0 Å². The Hall–Kier alpha value is -0.212. The molecule has 1 rings (SSSR count). The first-order chi connectivity index (χ1) is 6.37. The first kappa shape index (κ1) is 11.9. The summed E-state index contributed by atoms with van der Waals surface area (Å²) in [7, 11) is 0. The summed E-state index contributed by atoms with van der Waals surface area (Å²) in [6.07, 6.45) is 0. The molecule has 14 heavy (non-hydrogen) atoms. The van der Waals surface area contributed by atoms with Crippen LogP contribution < -0.4 is 4.35 Å². The maximum absolute atomic E-state index is 13.1. The Kier molecular flexibility index (Phi) is 3.48. The van der Waals surface area contributed by atoms with E-state index in [1.54, 1.807) is 11.4 Å². The van der Waals surface area contributed by atoms with Crippen LogP contribution in [-0.2, 0) is 0 Å². The molecule has 0 aliphatic heterocycles. The molecule has 0 atom stereocenters. The normalized spacial score (nSPS) is 11.1. The molecule has 0 saturated heterocycles. The van der Waals surface area contributed by atoms with Gasteiger partial charge in [0.05, 0.1) is 0 Å². The molecule has 6 heteroatoms. The number of rotatable bonds is 1. The van der Waals surface area contributed by atoms with Crippen molar-refractivity contribution in [2.45, 2.75) is 11.4 Å². The quantitative estimate of drug-likeness (QED) is 0.323. The minimum absolute atomic E-state index is 0.475. The first-order valence-corrected chi connectivity index (χ1v) is 8.63. The number of halogens is 5. The van der Waals surface area contributed by atoms with E-state index in [0.29, 0.717) is 0 Å². The van der Waals surface area contributed by atoms with E-state index in [1.807, 2.05) is 0 Å². The molecule has 0 aliphatic rings. The van der Waals surface area contributed by atoms with Gasteiger partial charge < -0.3 is 0 Å². The van der Waals surface area contributed by atoms with Crippen molar-refractivity contribution in [1.82, 2.24) is 0 Å². The molecule has 1 aromatic carbocycles. The molecule has 0 aromatic heterocycles. The Morgan fingerprint density at radius 1 is 0.857 bits per heavy atom. The fraction of sp³-hybridized carbons (Fsp3) is 0.250. The van der Waals surface area contributed by atoms with E-state index in [4.69, 9.17) is 11.6 Å². The van der Waals surface area contributed by atoms with E-state index < -0.39 is 47.3 Å². The van der Waals surface area contributed by atoms with Crippen molar-refractivity contribution in [2.75, 3.05) is 0 Å². The van der Waals surface area contributed by atoms with Crippen LogP contribution in [0, 0.1) is 23.3 Å². The van der Waals surface area contributed by atoms with Gasteiger partial charge >= 0.3 is 87.9 Å². The summed E-state index contributed by atoms with van der Waals surface area (Å²) in [5.41, 5.74) is 3.14. The van der Waals surface area contributed by atoms with Crippen LogP contribution >= 0.6 is 11.6 Å². The van der Waals surface area contributed by atoms with Crippen molar-refractivity contribution >= 4 is 30.6 Å². The summed E-state index contributed by atoms with van der Waals surface area (Å²) >= 11 is 3.01. The SMILES string of the molecule is C[As](C)c1c(F)c(F)c(Cl)c(F)c1F. The Bertz CT molecular complexity index is 349. The predicted molar refractivity (Wildman–Crippen MR) is 48.4 cm³/mol. The number of hydrogen-bond acceptors (Lipinski definition) is 0. The van der Waals surface area contributed by atoms with Gasteiger partial charge in [-0.1, -0.05) is 0 Å². The molecule has 0 amide bonds. The minimum atomic E-state index is -2.04. The first-order valence-electron chi connectivity index (χ1n) is 3.56. The van der Waals surface area contributed by atoms with Crippen LogP contribution in [0.3, 0.4) is 0 Å². The van der Waals surface area contributed by atoms with E-state index >= 15 is 0 Å². The predicted octanol–water partition coefficient (Wildman–Crippen LogP) is 2.86. The van der Waals surface area contributed by atoms with Gasteiger partial charge in [-0.3, -0.25) is 0 Å². The average molecular weight is 289 g/mol. The molecule has 0 radical (unpaired) electrons. The van der Waals surface area contributed by atoms with Crippen LogP contribution in [0.1, 0.15) is 0 Å². The van der Waals surface area contributed by atoms with Gasteiger partial charge in [-0.05, 0) is 0 Å². The summed E-state index contributed by atoms with van der Waals surface area (Å²) in [6.45, 7) is 0. The molecule has 0 saturated carbocycles. The van der Waals surface area contributed by atoms with E-state index in [9.17, 15) is 17.6 Å². The molecular formula is C8H6AsClF4. The third-order valence-corrected chi connectivity index (χ3v) is 4.67. The summed E-state index contributed by atoms with van der Waals surface area (Å²) in [5.74, 6) is -5.75. The summed E-state index contributed by atoms with van der Waals surface area (Å²) in [4.78, 5) is 0.